The van der Waals surface area contributed by atoms with Crippen LogP contribution in [0, 0.1) is 19.3 Å². The Morgan fingerprint density at radius 2 is 1.78 bits per heavy atom. The van der Waals surface area contributed by atoms with E-state index in [1.54, 1.807) is 25.0 Å². The van der Waals surface area contributed by atoms with Crippen LogP contribution in [0.3, 0.4) is 0 Å². The fourth-order valence-electron chi connectivity index (χ4n) is 1.14. The number of alkyl halides is 2. The van der Waals surface area contributed by atoms with Crippen LogP contribution in [0.25, 0.3) is 0 Å². The van der Waals surface area contributed by atoms with Gasteiger partial charge in [-0.05, 0) is 19.1 Å². The molecule has 0 spiro atoms. The fourth-order valence-corrected chi connectivity index (χ4v) is 2.27. The highest BCUT2D eigenvalue weighted by atomic mass is 32.2. The molecule has 18 heavy (non-hydrogen) atoms. The van der Waals surface area contributed by atoms with E-state index in [1.807, 2.05) is 0 Å². The van der Waals surface area contributed by atoms with Gasteiger partial charge in [-0.3, -0.25) is 0 Å². The van der Waals surface area contributed by atoms with Gasteiger partial charge < -0.3 is 0 Å². The Bertz CT molecular complexity index is 540. The summed E-state index contributed by atoms with van der Waals surface area (Å²) in [6.07, 6.45) is 4.92. The highest BCUT2D eigenvalue weighted by Gasteiger charge is 2.36. The Labute approximate surface area is 105 Å². The highest BCUT2D eigenvalue weighted by Crippen LogP contribution is 2.22. The van der Waals surface area contributed by atoms with Gasteiger partial charge in [0.15, 0.2) is 0 Å². The molecule has 0 heterocycles. The first-order chi connectivity index (χ1) is 8.39. The van der Waals surface area contributed by atoms with Crippen LogP contribution in [0.2, 0.25) is 0 Å². The van der Waals surface area contributed by atoms with Crippen molar-refractivity contribution >= 4 is 10.1 Å². The van der Waals surface area contributed by atoms with Crippen molar-refractivity contribution in [2.75, 3.05) is 13.3 Å². The van der Waals surface area contributed by atoms with Gasteiger partial charge in [0.05, 0.1) is 4.90 Å². The number of terminal acetylenes is 1. The summed E-state index contributed by atoms with van der Waals surface area (Å²) in [6, 6.07) is 5.64. The number of hydrogen-bond acceptors (Lipinski definition) is 3. The number of halogens is 2. The molecule has 0 saturated heterocycles. The minimum absolute atomic E-state index is 0.199. The Morgan fingerprint density at radius 3 is 2.17 bits per heavy atom. The summed E-state index contributed by atoms with van der Waals surface area (Å²) in [7, 11) is -4.29. The Balaban J connectivity index is 3.09. The van der Waals surface area contributed by atoms with E-state index in [4.69, 9.17) is 6.42 Å². The SMILES string of the molecule is C#CC(CF)(CF)OS(=O)(=O)c1ccc(C)cc1. The van der Waals surface area contributed by atoms with Gasteiger partial charge in [0, 0.05) is 0 Å². The van der Waals surface area contributed by atoms with E-state index < -0.39 is 29.1 Å². The molecule has 98 valence electrons. The maximum absolute atomic E-state index is 12.7. The lowest BCUT2D eigenvalue weighted by molar-refractivity contribution is 0.0774. The largest absolute Gasteiger partial charge is 0.298 e. The molecule has 0 N–H and O–H groups in total. The molecule has 0 unspecified atom stereocenters. The third-order valence-corrected chi connectivity index (χ3v) is 3.66. The molecule has 0 aliphatic carbocycles. The lowest BCUT2D eigenvalue weighted by Crippen LogP contribution is -2.38. The van der Waals surface area contributed by atoms with E-state index in [9.17, 15) is 17.2 Å². The van der Waals surface area contributed by atoms with Crippen molar-refractivity contribution in [3.05, 3.63) is 29.8 Å². The summed E-state index contributed by atoms with van der Waals surface area (Å²) in [4.78, 5) is -0.199. The molecule has 0 aromatic heterocycles. The quantitative estimate of drug-likeness (QED) is 0.609. The molecule has 0 saturated carbocycles. The Morgan fingerprint density at radius 1 is 1.28 bits per heavy atom. The molecule has 0 radical (unpaired) electrons. The second-order valence-electron chi connectivity index (χ2n) is 3.76. The number of hydrogen-bond donors (Lipinski definition) is 0. The van der Waals surface area contributed by atoms with Gasteiger partial charge in [0.2, 0.25) is 5.60 Å². The first kappa shape index (κ1) is 14.6. The van der Waals surface area contributed by atoms with Gasteiger partial charge in [-0.15, -0.1) is 6.42 Å². The van der Waals surface area contributed by atoms with Crippen molar-refractivity contribution in [2.45, 2.75) is 17.4 Å². The summed E-state index contributed by atoms with van der Waals surface area (Å²) in [5.74, 6) is 1.70. The summed E-state index contributed by atoms with van der Waals surface area (Å²) in [5, 5.41) is 0. The monoisotopic (exact) mass is 274 g/mol. The molecular formula is C12H12F2O3S. The van der Waals surface area contributed by atoms with Crippen molar-refractivity contribution in [1.29, 1.82) is 0 Å². The number of rotatable bonds is 5. The van der Waals surface area contributed by atoms with E-state index in [0.29, 0.717) is 0 Å². The molecule has 0 aliphatic heterocycles. The topological polar surface area (TPSA) is 43.4 Å². The smallest absolute Gasteiger partial charge is 0.247 e. The third-order valence-electron chi connectivity index (χ3n) is 2.27. The van der Waals surface area contributed by atoms with Crippen LogP contribution in [-0.4, -0.2) is 27.4 Å². The summed E-state index contributed by atoms with van der Waals surface area (Å²) in [6.45, 7) is -1.08. The standard InChI is InChI=1S/C12H12F2O3S/c1-3-12(8-13,9-14)17-18(15,16)11-6-4-10(2)5-7-11/h1,4-7H,8-9H2,2H3. The lowest BCUT2D eigenvalue weighted by Gasteiger charge is -2.21. The number of benzene rings is 1. The van der Waals surface area contributed by atoms with Crippen LogP contribution in [0.5, 0.6) is 0 Å². The lowest BCUT2D eigenvalue weighted by atomic mass is 10.1. The van der Waals surface area contributed by atoms with Gasteiger partial charge in [0.1, 0.15) is 13.3 Å². The molecule has 0 aliphatic rings. The first-order valence-corrected chi connectivity index (χ1v) is 6.42. The zero-order valence-corrected chi connectivity index (χ0v) is 10.5. The van der Waals surface area contributed by atoms with Gasteiger partial charge in [-0.25, -0.2) is 13.0 Å². The number of aryl methyl sites for hydroxylation is 1. The fraction of sp³-hybridized carbons (Fsp3) is 0.333. The van der Waals surface area contributed by atoms with Crippen molar-refractivity contribution in [3.63, 3.8) is 0 Å². The zero-order valence-electron chi connectivity index (χ0n) is 9.69. The van der Waals surface area contributed by atoms with Crippen LogP contribution in [0.15, 0.2) is 29.2 Å². The van der Waals surface area contributed by atoms with E-state index in [0.717, 1.165) is 5.56 Å². The molecule has 1 rings (SSSR count). The van der Waals surface area contributed by atoms with Crippen LogP contribution in [0.4, 0.5) is 8.78 Å². The van der Waals surface area contributed by atoms with Crippen LogP contribution in [0.1, 0.15) is 5.56 Å². The highest BCUT2D eigenvalue weighted by molar-refractivity contribution is 7.86. The predicted molar refractivity (Wildman–Crippen MR) is 63.0 cm³/mol. The summed E-state index contributed by atoms with van der Waals surface area (Å²) in [5.41, 5.74) is -1.54. The molecular weight excluding hydrogens is 262 g/mol. The molecule has 0 amide bonds. The minimum Gasteiger partial charge on any atom is -0.247 e. The van der Waals surface area contributed by atoms with Crippen molar-refractivity contribution in [1.82, 2.24) is 0 Å². The molecule has 0 fully saturated rings. The van der Waals surface area contributed by atoms with Crippen LogP contribution >= 0.6 is 0 Å². The average molecular weight is 274 g/mol. The molecule has 0 atom stereocenters. The van der Waals surface area contributed by atoms with Gasteiger partial charge >= 0.3 is 0 Å². The summed E-state index contributed by atoms with van der Waals surface area (Å²) >= 11 is 0. The van der Waals surface area contributed by atoms with Gasteiger partial charge in [-0.1, -0.05) is 23.6 Å². The van der Waals surface area contributed by atoms with Crippen LogP contribution < -0.4 is 0 Å². The van der Waals surface area contributed by atoms with Crippen molar-refractivity contribution in [3.8, 4) is 12.3 Å². The van der Waals surface area contributed by atoms with E-state index >= 15 is 0 Å². The summed E-state index contributed by atoms with van der Waals surface area (Å²) < 4.78 is 53.4. The third kappa shape index (κ3) is 3.06. The van der Waals surface area contributed by atoms with Gasteiger partial charge in [0.25, 0.3) is 10.1 Å². The second kappa shape index (κ2) is 5.46. The maximum atomic E-state index is 12.7. The zero-order chi connectivity index (χ0) is 13.8. The van der Waals surface area contributed by atoms with E-state index in [-0.39, 0.29) is 4.90 Å². The van der Waals surface area contributed by atoms with Gasteiger partial charge in [-0.2, -0.15) is 8.42 Å². The van der Waals surface area contributed by atoms with Crippen molar-refractivity contribution < 1.29 is 21.4 Å². The molecule has 0 bridgehead atoms. The Kier molecular flexibility index (Phi) is 4.43. The predicted octanol–water partition coefficient (Wildman–Crippen LogP) is 2.01. The maximum Gasteiger partial charge on any atom is 0.298 e. The molecule has 1 aromatic carbocycles. The molecule has 1 aromatic rings. The minimum atomic E-state index is -4.29. The van der Waals surface area contributed by atoms with Crippen molar-refractivity contribution in [2.24, 2.45) is 0 Å². The Hall–Kier alpha value is -1.45. The normalized spacial score (nSPS) is 12.1. The van der Waals surface area contributed by atoms with Crippen LogP contribution in [-0.2, 0) is 14.3 Å². The second-order valence-corrected chi connectivity index (χ2v) is 5.30. The first-order valence-electron chi connectivity index (χ1n) is 5.01. The van der Waals surface area contributed by atoms with E-state index in [2.05, 4.69) is 4.18 Å². The molecule has 6 heteroatoms. The van der Waals surface area contributed by atoms with E-state index in [1.165, 1.54) is 12.1 Å². The molecule has 3 nitrogen and oxygen atoms in total. The average Bonchev–Trinajstić information content (AvgIpc) is 2.37.